The molecule has 0 saturated heterocycles. The third-order valence-electron chi connectivity index (χ3n) is 6.58. The minimum atomic E-state index is 0. The highest BCUT2D eigenvalue weighted by molar-refractivity contribution is 5.85. The Morgan fingerprint density at radius 3 is 2.05 bits per heavy atom. The number of halogens is 1. The van der Waals surface area contributed by atoms with Crippen LogP contribution < -0.4 is 5.73 Å². The normalized spacial score (nSPS) is 41.5. The summed E-state index contributed by atoms with van der Waals surface area (Å²) < 4.78 is 0. The molecule has 20 heavy (non-hydrogen) atoms. The van der Waals surface area contributed by atoms with Crippen LogP contribution in [0.5, 0.6) is 0 Å². The second-order valence-corrected chi connectivity index (χ2v) is 7.36. The van der Waals surface area contributed by atoms with Gasteiger partial charge in [-0.05, 0) is 73.8 Å². The van der Waals surface area contributed by atoms with Gasteiger partial charge >= 0.3 is 0 Å². The molecule has 1 nitrogen and oxygen atoms in total. The Balaban J connectivity index is 0.00000121. The van der Waals surface area contributed by atoms with Crippen LogP contribution in [0.1, 0.15) is 43.2 Å². The predicted molar refractivity (Wildman–Crippen MR) is 86.2 cm³/mol. The summed E-state index contributed by atoms with van der Waals surface area (Å²) in [5.41, 5.74) is 9.73. The SMILES string of the molecule is Cc1ccccc1C1(CN)C2CC3CC(C2)CC1C3.Cl. The highest BCUT2D eigenvalue weighted by Gasteiger charge is 2.57. The van der Waals surface area contributed by atoms with Gasteiger partial charge in [0.15, 0.2) is 0 Å². The lowest BCUT2D eigenvalue weighted by Crippen LogP contribution is -2.59. The van der Waals surface area contributed by atoms with Gasteiger partial charge in [-0.25, -0.2) is 0 Å². The summed E-state index contributed by atoms with van der Waals surface area (Å²) in [6.45, 7) is 3.13. The zero-order valence-corrected chi connectivity index (χ0v) is 13.2. The van der Waals surface area contributed by atoms with Crippen LogP contribution in [0.3, 0.4) is 0 Å². The van der Waals surface area contributed by atoms with Crippen LogP contribution in [-0.2, 0) is 5.41 Å². The third kappa shape index (κ3) is 1.79. The third-order valence-corrected chi connectivity index (χ3v) is 6.58. The molecule has 0 heterocycles. The van der Waals surface area contributed by atoms with Crippen LogP contribution in [-0.4, -0.2) is 6.54 Å². The van der Waals surface area contributed by atoms with Crippen LogP contribution >= 0.6 is 12.4 Å². The first-order chi connectivity index (χ1) is 9.24. The van der Waals surface area contributed by atoms with E-state index in [2.05, 4.69) is 31.2 Å². The van der Waals surface area contributed by atoms with Crippen molar-refractivity contribution in [3.63, 3.8) is 0 Å². The molecule has 4 bridgehead atoms. The van der Waals surface area contributed by atoms with Gasteiger partial charge in [-0.15, -0.1) is 12.4 Å². The maximum Gasteiger partial charge on any atom is 0.0135 e. The zero-order chi connectivity index (χ0) is 13.0. The summed E-state index contributed by atoms with van der Waals surface area (Å²) in [5.74, 6) is 3.75. The number of hydrogen-bond acceptors (Lipinski definition) is 1. The minimum absolute atomic E-state index is 0. The largest absolute Gasteiger partial charge is 0.330 e. The van der Waals surface area contributed by atoms with E-state index in [0.29, 0.717) is 5.41 Å². The number of rotatable bonds is 2. The van der Waals surface area contributed by atoms with Crippen LogP contribution in [0, 0.1) is 30.6 Å². The van der Waals surface area contributed by atoms with E-state index in [1.807, 2.05) is 0 Å². The molecule has 4 aliphatic rings. The molecular weight excluding hydrogens is 266 g/mol. The Hall–Kier alpha value is -0.530. The maximum absolute atomic E-state index is 6.39. The molecule has 2 N–H and O–H groups in total. The van der Waals surface area contributed by atoms with Gasteiger partial charge in [-0.2, -0.15) is 0 Å². The lowest BCUT2D eigenvalue weighted by molar-refractivity contribution is -0.0570. The molecule has 110 valence electrons. The summed E-state index contributed by atoms with van der Waals surface area (Å²) in [4.78, 5) is 0. The van der Waals surface area contributed by atoms with Gasteiger partial charge in [0.05, 0.1) is 0 Å². The molecule has 1 aromatic carbocycles. The van der Waals surface area contributed by atoms with E-state index in [4.69, 9.17) is 5.73 Å². The summed E-state index contributed by atoms with van der Waals surface area (Å²) in [5, 5.41) is 0. The number of aryl methyl sites for hydroxylation is 1. The van der Waals surface area contributed by atoms with Crippen molar-refractivity contribution in [2.45, 2.75) is 44.4 Å². The Morgan fingerprint density at radius 1 is 1.00 bits per heavy atom. The Morgan fingerprint density at radius 2 is 1.55 bits per heavy atom. The van der Waals surface area contributed by atoms with E-state index >= 15 is 0 Å². The lowest BCUT2D eigenvalue weighted by Gasteiger charge is -2.61. The Bertz CT molecular complexity index is 468. The standard InChI is InChI=1S/C18H25N.ClH/c1-12-4-2-3-5-17(12)18(11-19)15-7-13-6-14(9-15)10-16(18)8-13;/h2-5,13-16H,6-11,19H2,1H3;1H. The molecule has 0 aromatic heterocycles. The van der Waals surface area contributed by atoms with Crippen molar-refractivity contribution in [1.82, 2.24) is 0 Å². The number of hydrogen-bond donors (Lipinski definition) is 1. The van der Waals surface area contributed by atoms with Crippen molar-refractivity contribution in [2.24, 2.45) is 29.4 Å². The zero-order valence-electron chi connectivity index (χ0n) is 12.3. The van der Waals surface area contributed by atoms with Gasteiger partial charge in [-0.3, -0.25) is 0 Å². The topological polar surface area (TPSA) is 26.0 Å². The van der Waals surface area contributed by atoms with E-state index in [1.165, 1.54) is 37.7 Å². The number of nitrogens with two attached hydrogens (primary N) is 1. The average molecular weight is 292 g/mol. The van der Waals surface area contributed by atoms with Gasteiger partial charge in [0, 0.05) is 12.0 Å². The molecule has 4 fully saturated rings. The molecule has 4 aliphatic carbocycles. The van der Waals surface area contributed by atoms with Crippen LogP contribution in [0.15, 0.2) is 24.3 Å². The van der Waals surface area contributed by atoms with Crippen molar-refractivity contribution in [2.75, 3.05) is 6.54 Å². The first kappa shape index (κ1) is 14.4. The van der Waals surface area contributed by atoms with E-state index < -0.39 is 0 Å². The van der Waals surface area contributed by atoms with E-state index in [0.717, 1.165) is 30.2 Å². The van der Waals surface area contributed by atoms with Gasteiger partial charge < -0.3 is 5.73 Å². The summed E-state index contributed by atoms with van der Waals surface area (Å²) >= 11 is 0. The molecule has 0 radical (unpaired) electrons. The van der Waals surface area contributed by atoms with E-state index in [1.54, 1.807) is 5.56 Å². The summed E-state index contributed by atoms with van der Waals surface area (Å²) in [6, 6.07) is 9.02. The van der Waals surface area contributed by atoms with Gasteiger partial charge in [0.1, 0.15) is 0 Å². The van der Waals surface area contributed by atoms with E-state index in [-0.39, 0.29) is 12.4 Å². The second kappa shape index (κ2) is 5.03. The molecule has 0 amide bonds. The molecule has 0 unspecified atom stereocenters. The first-order valence-electron chi connectivity index (χ1n) is 8.00. The molecule has 4 saturated carbocycles. The second-order valence-electron chi connectivity index (χ2n) is 7.36. The van der Waals surface area contributed by atoms with Crippen molar-refractivity contribution in [3.8, 4) is 0 Å². The quantitative estimate of drug-likeness (QED) is 0.873. The number of benzene rings is 1. The fraction of sp³-hybridized carbons (Fsp3) is 0.667. The van der Waals surface area contributed by atoms with Gasteiger partial charge in [-0.1, -0.05) is 24.3 Å². The highest BCUT2D eigenvalue weighted by Crippen LogP contribution is 2.62. The van der Waals surface area contributed by atoms with Crippen molar-refractivity contribution in [3.05, 3.63) is 35.4 Å². The maximum atomic E-state index is 6.39. The monoisotopic (exact) mass is 291 g/mol. The van der Waals surface area contributed by atoms with Crippen molar-refractivity contribution < 1.29 is 0 Å². The van der Waals surface area contributed by atoms with E-state index in [9.17, 15) is 0 Å². The first-order valence-corrected chi connectivity index (χ1v) is 8.00. The van der Waals surface area contributed by atoms with Crippen LogP contribution in [0.25, 0.3) is 0 Å². The van der Waals surface area contributed by atoms with Crippen molar-refractivity contribution in [1.29, 1.82) is 0 Å². The average Bonchev–Trinajstić information content (AvgIpc) is 2.40. The van der Waals surface area contributed by atoms with Crippen molar-refractivity contribution >= 4 is 12.4 Å². The van der Waals surface area contributed by atoms with Crippen LogP contribution in [0.4, 0.5) is 0 Å². The molecule has 0 atom stereocenters. The molecule has 0 spiro atoms. The summed E-state index contributed by atoms with van der Waals surface area (Å²) in [7, 11) is 0. The van der Waals surface area contributed by atoms with Gasteiger partial charge in [0.2, 0.25) is 0 Å². The Labute approximate surface area is 128 Å². The Kier molecular flexibility index (Phi) is 3.63. The molecular formula is C18H26ClN. The molecule has 2 heteroatoms. The molecule has 1 aromatic rings. The fourth-order valence-electron chi connectivity index (χ4n) is 6.00. The smallest absolute Gasteiger partial charge is 0.0135 e. The summed E-state index contributed by atoms with van der Waals surface area (Å²) in [6.07, 6.45) is 7.29. The van der Waals surface area contributed by atoms with Gasteiger partial charge in [0.25, 0.3) is 0 Å². The molecule has 0 aliphatic heterocycles. The lowest BCUT2D eigenvalue weighted by atomic mass is 9.43. The molecule has 5 rings (SSSR count). The predicted octanol–water partition coefficient (Wildman–Crippen LogP) is 4.07. The minimum Gasteiger partial charge on any atom is -0.330 e. The fourth-order valence-corrected chi connectivity index (χ4v) is 6.00. The highest BCUT2D eigenvalue weighted by atomic mass is 35.5. The van der Waals surface area contributed by atoms with Crippen LogP contribution in [0.2, 0.25) is 0 Å².